The second-order valence-electron chi connectivity index (χ2n) is 7.53. The van der Waals surface area contributed by atoms with Gasteiger partial charge in [-0.2, -0.15) is 0 Å². The maximum Gasteiger partial charge on any atom is 0.509 e. The van der Waals surface area contributed by atoms with Crippen LogP contribution in [0.4, 0.5) is 17.7 Å². The van der Waals surface area contributed by atoms with Crippen molar-refractivity contribution in [2.45, 2.75) is 19.4 Å². The maximum atomic E-state index is 13.3. The van der Waals surface area contributed by atoms with E-state index in [1.165, 1.54) is 6.92 Å². The number of carbonyl (C=O) groups is 1. The Bertz CT molecular complexity index is 1100. The molecule has 1 amide bonds. The Morgan fingerprint density at radius 1 is 1.03 bits per heavy atom. The molecule has 0 spiro atoms. The number of rotatable bonds is 5. The van der Waals surface area contributed by atoms with Crippen molar-refractivity contribution in [1.82, 2.24) is 5.32 Å². The SMILES string of the molecule is Cc1c(CNC(=O)OCC2c3ccccc3-c3ccccc32)cc(I)cc1[B-](F)(F)F. The van der Waals surface area contributed by atoms with Gasteiger partial charge >= 0.3 is 13.1 Å². The summed E-state index contributed by atoms with van der Waals surface area (Å²) in [6, 6.07) is 18.8. The molecule has 4 rings (SSSR count). The third kappa shape index (κ3) is 4.44. The van der Waals surface area contributed by atoms with E-state index in [0.717, 1.165) is 28.3 Å². The summed E-state index contributed by atoms with van der Waals surface area (Å²) in [5.41, 5.74) is 4.38. The van der Waals surface area contributed by atoms with Crippen LogP contribution in [0.15, 0.2) is 60.7 Å². The van der Waals surface area contributed by atoms with Crippen LogP contribution in [0.2, 0.25) is 0 Å². The van der Waals surface area contributed by atoms with Gasteiger partial charge in [0.1, 0.15) is 6.61 Å². The van der Waals surface area contributed by atoms with Crippen molar-refractivity contribution >= 4 is 41.1 Å². The van der Waals surface area contributed by atoms with Gasteiger partial charge in [0.25, 0.3) is 0 Å². The van der Waals surface area contributed by atoms with Gasteiger partial charge in [0.05, 0.1) is 0 Å². The van der Waals surface area contributed by atoms with Gasteiger partial charge in [0.2, 0.25) is 0 Å². The number of hydrogen-bond donors (Lipinski definition) is 1. The first-order valence-corrected chi connectivity index (χ1v) is 10.9. The second kappa shape index (κ2) is 8.57. The Morgan fingerprint density at radius 2 is 1.61 bits per heavy atom. The van der Waals surface area contributed by atoms with E-state index in [-0.39, 0.29) is 24.6 Å². The van der Waals surface area contributed by atoms with E-state index in [9.17, 15) is 17.7 Å². The number of alkyl carbamates (subject to hydrolysis) is 1. The van der Waals surface area contributed by atoms with Gasteiger partial charge in [-0.1, -0.05) is 60.2 Å². The molecule has 0 radical (unpaired) electrons. The minimum absolute atomic E-state index is 0.0293. The van der Waals surface area contributed by atoms with Crippen molar-refractivity contribution in [2.75, 3.05) is 6.61 Å². The van der Waals surface area contributed by atoms with Crippen LogP contribution in [0.5, 0.6) is 0 Å². The molecule has 3 aromatic carbocycles. The fraction of sp³-hybridized carbons (Fsp3) is 0.174. The fourth-order valence-electron chi connectivity index (χ4n) is 4.10. The summed E-state index contributed by atoms with van der Waals surface area (Å²) < 4.78 is 45.8. The summed E-state index contributed by atoms with van der Waals surface area (Å²) in [5, 5.41) is 2.59. The molecule has 0 heterocycles. The molecule has 0 saturated heterocycles. The Hall–Kier alpha value is -2.49. The third-order valence-corrected chi connectivity index (χ3v) is 6.26. The summed E-state index contributed by atoms with van der Waals surface area (Å²) in [6.07, 6.45) is -0.654. The Kier molecular flexibility index (Phi) is 6.01. The van der Waals surface area contributed by atoms with Gasteiger partial charge in [-0.3, -0.25) is 0 Å². The van der Waals surface area contributed by atoms with E-state index in [4.69, 9.17) is 4.74 Å². The highest BCUT2D eigenvalue weighted by Crippen LogP contribution is 2.44. The molecule has 0 atom stereocenters. The zero-order valence-corrected chi connectivity index (χ0v) is 18.8. The molecular weight excluding hydrogens is 517 g/mol. The summed E-state index contributed by atoms with van der Waals surface area (Å²) in [5.74, 6) is -0.0721. The van der Waals surface area contributed by atoms with Crippen LogP contribution in [-0.2, 0) is 11.3 Å². The Labute approximate surface area is 192 Å². The summed E-state index contributed by atoms with van der Waals surface area (Å²) >= 11 is 1.85. The minimum Gasteiger partial charge on any atom is -0.449 e. The number of amides is 1. The van der Waals surface area contributed by atoms with Crippen molar-refractivity contribution in [3.63, 3.8) is 0 Å². The molecule has 160 valence electrons. The van der Waals surface area contributed by atoms with Crippen LogP contribution >= 0.6 is 22.6 Å². The molecule has 1 aliphatic rings. The largest absolute Gasteiger partial charge is 0.509 e. The van der Waals surface area contributed by atoms with Gasteiger partial charge in [0, 0.05) is 16.0 Å². The molecule has 8 heteroatoms. The molecule has 0 fully saturated rings. The first kappa shape index (κ1) is 21.7. The van der Waals surface area contributed by atoms with Crippen LogP contribution in [0, 0.1) is 10.5 Å². The van der Waals surface area contributed by atoms with Gasteiger partial charge < -0.3 is 23.0 Å². The average Bonchev–Trinajstić information content (AvgIpc) is 3.05. The van der Waals surface area contributed by atoms with Crippen LogP contribution in [0.25, 0.3) is 11.1 Å². The van der Waals surface area contributed by atoms with E-state index >= 15 is 0 Å². The quantitative estimate of drug-likeness (QED) is 0.336. The molecule has 1 N–H and O–H groups in total. The number of carbonyl (C=O) groups excluding carboxylic acids is 1. The molecule has 1 aliphatic carbocycles. The lowest BCUT2D eigenvalue weighted by molar-refractivity contribution is 0.142. The third-order valence-electron chi connectivity index (χ3n) is 5.64. The van der Waals surface area contributed by atoms with Crippen molar-refractivity contribution < 1.29 is 22.5 Å². The molecule has 3 aromatic rings. The highest BCUT2D eigenvalue weighted by atomic mass is 127. The van der Waals surface area contributed by atoms with Crippen molar-refractivity contribution in [2.24, 2.45) is 0 Å². The molecule has 0 bridgehead atoms. The van der Waals surface area contributed by atoms with E-state index in [2.05, 4.69) is 5.32 Å². The maximum absolute atomic E-state index is 13.3. The van der Waals surface area contributed by atoms with Gasteiger partial charge in [-0.05, 0) is 63.4 Å². The molecular formula is C23H19BF3INO2-. The van der Waals surface area contributed by atoms with Crippen LogP contribution in [0.3, 0.4) is 0 Å². The lowest BCUT2D eigenvalue weighted by atomic mass is 9.76. The van der Waals surface area contributed by atoms with Crippen LogP contribution in [-0.4, -0.2) is 19.7 Å². The molecule has 31 heavy (non-hydrogen) atoms. The normalized spacial score (nSPS) is 12.9. The highest BCUT2D eigenvalue weighted by Gasteiger charge is 2.30. The number of benzene rings is 3. The van der Waals surface area contributed by atoms with Crippen molar-refractivity contribution in [3.8, 4) is 11.1 Å². The van der Waals surface area contributed by atoms with E-state index < -0.39 is 18.5 Å². The predicted molar refractivity (Wildman–Crippen MR) is 125 cm³/mol. The first-order valence-electron chi connectivity index (χ1n) is 9.83. The number of halogens is 4. The highest BCUT2D eigenvalue weighted by molar-refractivity contribution is 14.1. The first-order chi connectivity index (χ1) is 14.8. The zero-order chi connectivity index (χ0) is 22.2. The van der Waals surface area contributed by atoms with E-state index in [1.807, 2.05) is 71.1 Å². The molecule has 3 nitrogen and oxygen atoms in total. The van der Waals surface area contributed by atoms with Crippen LogP contribution in [0.1, 0.15) is 28.2 Å². The topological polar surface area (TPSA) is 38.3 Å². The molecule has 0 aromatic heterocycles. The number of hydrogen-bond acceptors (Lipinski definition) is 2. The number of nitrogens with one attached hydrogen (secondary N) is 1. The summed E-state index contributed by atoms with van der Waals surface area (Å²) in [6.45, 7) is -3.57. The second-order valence-corrected chi connectivity index (χ2v) is 8.78. The molecule has 0 saturated carbocycles. The average molecular weight is 536 g/mol. The Balaban J connectivity index is 1.44. The number of fused-ring (bicyclic) bond motifs is 3. The summed E-state index contributed by atoms with van der Waals surface area (Å²) in [7, 11) is 0. The molecule has 0 unspecified atom stereocenters. The standard InChI is InChI=1S/C23H19BF3INO2/c1-14-15(10-16(28)11-22(14)24(25,26)27)12-29-23(30)31-13-21-19-8-4-2-6-17(19)18-7-3-5-9-20(18)21/h2-11,21H,12-13H2,1H3,(H,29,30)/q-1. The lowest BCUT2D eigenvalue weighted by Gasteiger charge is -2.21. The van der Waals surface area contributed by atoms with Gasteiger partial charge in [-0.15, -0.1) is 5.46 Å². The van der Waals surface area contributed by atoms with E-state index in [1.54, 1.807) is 6.07 Å². The van der Waals surface area contributed by atoms with Crippen LogP contribution < -0.4 is 10.8 Å². The predicted octanol–water partition coefficient (Wildman–Crippen LogP) is 5.69. The fourth-order valence-corrected chi connectivity index (χ4v) is 4.81. The van der Waals surface area contributed by atoms with E-state index in [0.29, 0.717) is 9.13 Å². The Morgan fingerprint density at radius 3 is 2.19 bits per heavy atom. The van der Waals surface area contributed by atoms with Crippen molar-refractivity contribution in [1.29, 1.82) is 0 Å². The number of ether oxygens (including phenoxy) is 1. The van der Waals surface area contributed by atoms with Gasteiger partial charge in [-0.25, -0.2) is 4.79 Å². The summed E-state index contributed by atoms with van der Waals surface area (Å²) in [4.78, 5) is 12.3. The monoisotopic (exact) mass is 536 g/mol. The van der Waals surface area contributed by atoms with Crippen molar-refractivity contribution in [3.05, 3.63) is 86.5 Å². The lowest BCUT2D eigenvalue weighted by Crippen LogP contribution is -2.37. The van der Waals surface area contributed by atoms with Gasteiger partial charge in [0.15, 0.2) is 0 Å². The smallest absolute Gasteiger partial charge is 0.449 e. The molecule has 0 aliphatic heterocycles. The minimum atomic E-state index is -5.12. The zero-order valence-electron chi connectivity index (χ0n) is 16.7.